The molecule has 0 radical (unpaired) electrons. The van der Waals surface area contributed by atoms with Crippen molar-refractivity contribution in [3.05, 3.63) is 40.7 Å². The minimum atomic E-state index is -1.10. The Morgan fingerprint density at radius 3 is 2.83 bits per heavy atom. The number of aliphatic hydroxyl groups is 1. The topological polar surface area (TPSA) is 118 Å². The first-order valence-electron chi connectivity index (χ1n) is 9.70. The fourth-order valence-electron chi connectivity index (χ4n) is 4.57. The number of likely N-dealkylation sites (tertiary alicyclic amines) is 1. The lowest BCUT2D eigenvalue weighted by Crippen LogP contribution is -2.63. The molecule has 5 atom stereocenters. The van der Waals surface area contributed by atoms with Gasteiger partial charge in [0.2, 0.25) is 5.91 Å². The number of hydrogen-bond acceptors (Lipinski definition) is 6. The van der Waals surface area contributed by atoms with E-state index < -0.39 is 18.0 Å². The Hall–Kier alpha value is -2.39. The summed E-state index contributed by atoms with van der Waals surface area (Å²) in [6.07, 6.45) is 3.37. The van der Waals surface area contributed by atoms with Crippen LogP contribution in [0.2, 0.25) is 0 Å². The molecule has 4 unspecified atom stereocenters. The van der Waals surface area contributed by atoms with E-state index in [0.717, 1.165) is 18.5 Å². The summed E-state index contributed by atoms with van der Waals surface area (Å²) in [5.74, 6) is -1.67. The third-order valence-electron chi connectivity index (χ3n) is 6.00. The molecule has 3 N–H and O–H groups in total. The molecule has 9 heteroatoms. The van der Waals surface area contributed by atoms with Crippen molar-refractivity contribution in [2.75, 3.05) is 13.1 Å². The molecule has 0 bridgehead atoms. The fraction of sp³-hybridized carbons (Fsp3) is 0.500. The minimum Gasteiger partial charge on any atom is -0.477 e. The van der Waals surface area contributed by atoms with Crippen LogP contribution >= 0.6 is 11.8 Å². The van der Waals surface area contributed by atoms with Gasteiger partial charge in [-0.2, -0.15) is 0 Å². The Kier molecular flexibility index (Phi) is 5.12. The zero-order chi connectivity index (χ0) is 20.9. The highest BCUT2D eigenvalue weighted by Gasteiger charge is 2.60. The molecule has 29 heavy (non-hydrogen) atoms. The molecule has 1 aromatic rings. The zero-order valence-corrected chi connectivity index (χ0v) is 17.1. The van der Waals surface area contributed by atoms with Crippen LogP contribution in [0.15, 0.2) is 35.1 Å². The molecule has 0 saturated carbocycles. The maximum absolute atomic E-state index is 12.4. The molecular formula is C20H24N4O4S. The molecule has 0 spiro atoms. The highest BCUT2D eigenvalue weighted by Crippen LogP contribution is 2.51. The van der Waals surface area contributed by atoms with Crippen molar-refractivity contribution < 1.29 is 19.8 Å². The van der Waals surface area contributed by atoms with E-state index in [1.54, 1.807) is 25.4 Å². The second kappa shape index (κ2) is 7.46. The average Bonchev–Trinajstić information content (AvgIpc) is 3.24. The van der Waals surface area contributed by atoms with Gasteiger partial charge in [0.05, 0.1) is 18.1 Å². The second-order valence-corrected chi connectivity index (χ2v) is 9.18. The van der Waals surface area contributed by atoms with Gasteiger partial charge < -0.3 is 20.0 Å². The zero-order valence-electron chi connectivity index (χ0n) is 16.3. The van der Waals surface area contributed by atoms with Gasteiger partial charge in [0.15, 0.2) is 0 Å². The van der Waals surface area contributed by atoms with Crippen LogP contribution in [-0.4, -0.2) is 73.2 Å². The molecule has 2 saturated heterocycles. The van der Waals surface area contributed by atoms with Crippen molar-refractivity contribution in [3.8, 4) is 0 Å². The van der Waals surface area contributed by atoms with Gasteiger partial charge in [0, 0.05) is 47.1 Å². The summed E-state index contributed by atoms with van der Waals surface area (Å²) in [5, 5.41) is 28.3. The smallest absolute Gasteiger partial charge is 0.353 e. The fourth-order valence-corrected chi connectivity index (χ4v) is 6.06. The maximum Gasteiger partial charge on any atom is 0.353 e. The van der Waals surface area contributed by atoms with Gasteiger partial charge in [-0.15, -0.1) is 11.8 Å². The van der Waals surface area contributed by atoms with Crippen molar-refractivity contribution in [2.24, 2.45) is 11.8 Å². The van der Waals surface area contributed by atoms with Crippen LogP contribution < -0.4 is 0 Å². The van der Waals surface area contributed by atoms with Gasteiger partial charge in [0.1, 0.15) is 11.5 Å². The van der Waals surface area contributed by atoms with E-state index in [1.807, 2.05) is 17.9 Å². The molecule has 4 rings (SSSR count). The molecule has 1 aromatic heterocycles. The van der Waals surface area contributed by atoms with Gasteiger partial charge in [0.25, 0.3) is 0 Å². The van der Waals surface area contributed by atoms with Crippen LogP contribution in [0.5, 0.6) is 0 Å². The molecule has 0 aliphatic carbocycles. The number of carboxylic acids is 1. The highest BCUT2D eigenvalue weighted by molar-refractivity contribution is 8.03. The number of rotatable bonds is 5. The number of amides is 1. The van der Waals surface area contributed by atoms with Crippen molar-refractivity contribution >= 4 is 29.5 Å². The molecule has 3 aliphatic heterocycles. The summed E-state index contributed by atoms with van der Waals surface area (Å²) in [7, 11) is 0. The normalized spacial score (nSPS) is 29.7. The van der Waals surface area contributed by atoms with E-state index in [9.17, 15) is 19.8 Å². The lowest BCUT2D eigenvalue weighted by atomic mass is 9.79. The van der Waals surface area contributed by atoms with E-state index in [2.05, 4.69) is 4.98 Å². The van der Waals surface area contributed by atoms with Crippen molar-refractivity contribution in [2.45, 2.75) is 37.7 Å². The van der Waals surface area contributed by atoms with E-state index in [-0.39, 0.29) is 28.8 Å². The largest absolute Gasteiger partial charge is 0.477 e. The predicted octanol–water partition coefficient (Wildman–Crippen LogP) is 1.37. The number of aromatic nitrogens is 1. The summed E-state index contributed by atoms with van der Waals surface area (Å²) in [4.78, 5) is 32.5. The number of carbonyl (C=O) groups is 2. The van der Waals surface area contributed by atoms with Crippen LogP contribution in [-0.2, 0) is 9.59 Å². The second-order valence-electron chi connectivity index (χ2n) is 7.84. The Morgan fingerprint density at radius 2 is 2.21 bits per heavy atom. The number of fused-ring (bicyclic) bond motifs is 1. The lowest BCUT2D eigenvalue weighted by Gasteiger charge is -2.46. The first-order chi connectivity index (χ1) is 13.8. The third kappa shape index (κ3) is 3.22. The predicted molar refractivity (Wildman–Crippen MR) is 108 cm³/mol. The first-order valence-corrected chi connectivity index (χ1v) is 10.6. The minimum absolute atomic E-state index is 0.0650. The Morgan fingerprint density at radius 1 is 1.45 bits per heavy atom. The maximum atomic E-state index is 12.4. The monoisotopic (exact) mass is 416 g/mol. The first kappa shape index (κ1) is 19.9. The molecule has 0 aromatic carbocycles. The number of nitrogens with one attached hydrogen (secondary N) is 1. The molecule has 2 fully saturated rings. The number of pyridine rings is 1. The van der Waals surface area contributed by atoms with Crippen LogP contribution in [0.1, 0.15) is 25.8 Å². The number of hydrogen-bond donors (Lipinski definition) is 3. The van der Waals surface area contributed by atoms with Gasteiger partial charge >= 0.3 is 5.97 Å². The number of aliphatic hydroxyl groups excluding tert-OH is 1. The van der Waals surface area contributed by atoms with Crippen LogP contribution in [0, 0.1) is 17.2 Å². The molecular weight excluding hydrogens is 392 g/mol. The van der Waals surface area contributed by atoms with Crippen molar-refractivity contribution in [1.82, 2.24) is 14.8 Å². The summed E-state index contributed by atoms with van der Waals surface area (Å²) in [6, 6.07) is 3.37. The van der Waals surface area contributed by atoms with E-state index >= 15 is 0 Å². The van der Waals surface area contributed by atoms with E-state index in [1.165, 1.54) is 16.7 Å². The van der Waals surface area contributed by atoms with Crippen molar-refractivity contribution in [1.29, 1.82) is 5.41 Å². The average molecular weight is 417 g/mol. The summed E-state index contributed by atoms with van der Waals surface area (Å²) >= 11 is 1.51. The van der Waals surface area contributed by atoms with Gasteiger partial charge in [-0.1, -0.05) is 6.92 Å². The molecule has 1 amide bonds. The van der Waals surface area contributed by atoms with Crippen LogP contribution in [0.25, 0.3) is 0 Å². The number of thioether (sulfide) groups is 1. The number of aliphatic carboxylic acids is 1. The number of carboxylic acid groups (broad SMARTS) is 1. The standard InChI is InChI=1S/C20H24N4O4S/c1-10-15-14(11(2)25)19(26)24(15)16(20(27)28)17(10)29-13-5-7-23(9-13)18(21)12-4-3-6-22-8-12/h3-4,6,8,10-11,13-15,21,25H,5,7,9H2,1-2H3,(H,27,28)/t10?,11?,13?,14?,15-/m1/s1. The summed E-state index contributed by atoms with van der Waals surface area (Å²) < 4.78 is 0. The quantitative estimate of drug-likeness (QED) is 0.377. The molecule has 8 nitrogen and oxygen atoms in total. The third-order valence-corrected chi connectivity index (χ3v) is 7.54. The summed E-state index contributed by atoms with van der Waals surface area (Å²) in [5.41, 5.74) is 0.822. The molecule has 3 aliphatic rings. The number of carbonyl (C=O) groups excluding carboxylic acids is 1. The number of nitrogens with zero attached hydrogens (tertiary/aromatic N) is 3. The Bertz CT molecular complexity index is 888. The van der Waals surface area contributed by atoms with Gasteiger partial charge in [-0.05, 0) is 25.5 Å². The van der Waals surface area contributed by atoms with Crippen LogP contribution in [0.4, 0.5) is 0 Å². The van der Waals surface area contributed by atoms with Gasteiger partial charge in [-0.25, -0.2) is 4.79 Å². The van der Waals surface area contributed by atoms with Gasteiger partial charge in [-0.3, -0.25) is 15.2 Å². The molecule has 4 heterocycles. The van der Waals surface area contributed by atoms with E-state index in [4.69, 9.17) is 5.41 Å². The van der Waals surface area contributed by atoms with Crippen LogP contribution in [0.3, 0.4) is 0 Å². The Labute approximate surface area is 173 Å². The number of β-lactam (4-membered cyclic amide) rings is 1. The SMILES string of the molecule is CC(O)C1C(=O)N2C(C(=O)O)=C(SC3CCN(C(=N)c4cccnc4)C3)C(C)[C@H]12. The number of amidine groups is 1. The van der Waals surface area contributed by atoms with Crippen molar-refractivity contribution in [3.63, 3.8) is 0 Å². The summed E-state index contributed by atoms with van der Waals surface area (Å²) in [6.45, 7) is 4.87. The van der Waals surface area contributed by atoms with E-state index in [0.29, 0.717) is 17.3 Å². The Balaban J connectivity index is 1.50. The lowest BCUT2D eigenvalue weighted by molar-refractivity contribution is -0.163. The highest BCUT2D eigenvalue weighted by atomic mass is 32.2. The molecule has 154 valence electrons.